The average Bonchev–Trinajstić information content (AvgIpc) is 3.26. The quantitative estimate of drug-likeness (QED) is 0.369. The summed E-state index contributed by atoms with van der Waals surface area (Å²) >= 11 is 0. The third kappa shape index (κ3) is 6.05. The van der Waals surface area contributed by atoms with Crippen molar-refractivity contribution >= 4 is 18.0 Å². The van der Waals surface area contributed by atoms with Gasteiger partial charge < -0.3 is 30.0 Å². The number of hydrogen-bond acceptors (Lipinski definition) is 7. The van der Waals surface area contributed by atoms with E-state index in [1.165, 1.54) is 14.2 Å². The fourth-order valence-corrected chi connectivity index (χ4v) is 4.54. The summed E-state index contributed by atoms with van der Waals surface area (Å²) in [5.41, 5.74) is 10.3. The minimum absolute atomic E-state index is 0.0235. The van der Waals surface area contributed by atoms with Crippen molar-refractivity contribution in [2.24, 2.45) is 5.73 Å². The van der Waals surface area contributed by atoms with E-state index < -0.39 is 24.0 Å². The molecule has 9 nitrogen and oxygen atoms in total. The number of esters is 1. The van der Waals surface area contributed by atoms with Crippen LogP contribution in [0.25, 0.3) is 11.1 Å². The Morgan fingerprint density at radius 2 is 1.50 bits per heavy atom. The van der Waals surface area contributed by atoms with Crippen LogP contribution in [0.15, 0.2) is 66.7 Å². The Morgan fingerprint density at radius 1 is 0.868 bits per heavy atom. The Bertz CT molecular complexity index is 1280. The molecule has 0 bridgehead atoms. The lowest BCUT2D eigenvalue weighted by Gasteiger charge is -2.19. The van der Waals surface area contributed by atoms with Gasteiger partial charge in [-0.15, -0.1) is 0 Å². The van der Waals surface area contributed by atoms with Gasteiger partial charge in [-0.1, -0.05) is 54.6 Å². The Hall–Kier alpha value is -4.53. The summed E-state index contributed by atoms with van der Waals surface area (Å²) in [6, 6.07) is 20.0. The molecular formula is C29H30N2O7. The summed E-state index contributed by atoms with van der Waals surface area (Å²) < 4.78 is 21.4. The predicted octanol–water partition coefficient (Wildman–Crippen LogP) is 3.92. The van der Waals surface area contributed by atoms with Gasteiger partial charge in [-0.2, -0.15) is 0 Å². The molecule has 0 aliphatic heterocycles. The lowest BCUT2D eigenvalue weighted by Crippen LogP contribution is -2.43. The third-order valence-corrected chi connectivity index (χ3v) is 6.43. The van der Waals surface area contributed by atoms with E-state index >= 15 is 0 Å². The van der Waals surface area contributed by atoms with Crippen molar-refractivity contribution in [3.8, 4) is 22.6 Å². The van der Waals surface area contributed by atoms with Crippen molar-refractivity contribution in [2.75, 3.05) is 20.8 Å². The van der Waals surface area contributed by atoms with E-state index in [0.29, 0.717) is 17.1 Å². The van der Waals surface area contributed by atoms with Crippen molar-refractivity contribution in [2.45, 2.75) is 31.4 Å². The van der Waals surface area contributed by atoms with E-state index in [1.807, 2.05) is 48.5 Å². The maximum absolute atomic E-state index is 12.8. The molecular weight excluding hydrogens is 488 g/mol. The topological polar surface area (TPSA) is 126 Å². The fraction of sp³-hybridized carbons (Fsp3) is 0.276. The predicted molar refractivity (Wildman–Crippen MR) is 140 cm³/mol. The number of alkyl carbamates (subject to hydrolysis) is 1. The molecule has 0 saturated carbocycles. The summed E-state index contributed by atoms with van der Waals surface area (Å²) in [6.45, 7) is 0.0156. The number of fused-ring (bicyclic) bond motifs is 3. The maximum atomic E-state index is 12.8. The van der Waals surface area contributed by atoms with Crippen LogP contribution in [0, 0.1) is 0 Å². The van der Waals surface area contributed by atoms with Crippen LogP contribution in [0.4, 0.5) is 4.79 Å². The number of nitrogens with two attached hydrogens (primary N) is 1. The zero-order chi connectivity index (χ0) is 27.1. The molecule has 38 heavy (non-hydrogen) atoms. The number of amides is 2. The molecule has 0 heterocycles. The largest absolute Gasteiger partial charge is 0.493 e. The Morgan fingerprint density at radius 3 is 2.11 bits per heavy atom. The van der Waals surface area contributed by atoms with Gasteiger partial charge in [0.15, 0.2) is 11.5 Å². The fourth-order valence-electron chi connectivity index (χ4n) is 4.54. The first kappa shape index (κ1) is 26.5. The van der Waals surface area contributed by atoms with Gasteiger partial charge in [-0.3, -0.25) is 4.79 Å². The Balaban J connectivity index is 1.39. The number of methoxy groups -OCH3 is 2. The molecule has 2 amide bonds. The first-order valence-electron chi connectivity index (χ1n) is 12.2. The molecule has 0 radical (unpaired) electrons. The van der Waals surface area contributed by atoms with Crippen LogP contribution in [0.3, 0.4) is 0 Å². The first-order valence-corrected chi connectivity index (χ1v) is 12.2. The third-order valence-electron chi connectivity index (χ3n) is 6.43. The van der Waals surface area contributed by atoms with E-state index in [-0.39, 0.29) is 32.0 Å². The van der Waals surface area contributed by atoms with Gasteiger partial charge in [0, 0.05) is 12.3 Å². The summed E-state index contributed by atoms with van der Waals surface area (Å²) in [6.07, 6.45) is -0.922. The van der Waals surface area contributed by atoms with Crippen molar-refractivity contribution in [3.05, 3.63) is 83.4 Å². The van der Waals surface area contributed by atoms with Gasteiger partial charge in [0.2, 0.25) is 5.91 Å². The normalized spacial score (nSPS) is 12.6. The van der Waals surface area contributed by atoms with Crippen molar-refractivity contribution < 1.29 is 33.3 Å². The Kier molecular flexibility index (Phi) is 8.47. The number of carbonyl (C=O) groups is 3. The molecule has 9 heteroatoms. The molecule has 3 aromatic carbocycles. The number of hydrogen-bond donors (Lipinski definition) is 2. The average molecular weight is 519 g/mol. The molecule has 3 N–H and O–H groups in total. The second kappa shape index (κ2) is 12.1. The van der Waals surface area contributed by atoms with Crippen LogP contribution in [0.1, 0.15) is 35.4 Å². The van der Waals surface area contributed by atoms with E-state index in [9.17, 15) is 14.4 Å². The van der Waals surface area contributed by atoms with Crippen LogP contribution in [0.5, 0.6) is 11.5 Å². The van der Waals surface area contributed by atoms with E-state index in [1.54, 1.807) is 18.2 Å². The minimum Gasteiger partial charge on any atom is -0.493 e. The van der Waals surface area contributed by atoms with Crippen LogP contribution >= 0.6 is 0 Å². The van der Waals surface area contributed by atoms with E-state index in [4.69, 9.17) is 24.7 Å². The molecule has 0 fully saturated rings. The summed E-state index contributed by atoms with van der Waals surface area (Å²) in [5, 5.41) is 2.53. The van der Waals surface area contributed by atoms with E-state index in [2.05, 4.69) is 5.32 Å². The lowest BCUT2D eigenvalue weighted by atomic mass is 9.98. The zero-order valence-corrected chi connectivity index (χ0v) is 21.3. The van der Waals surface area contributed by atoms with Crippen molar-refractivity contribution in [1.82, 2.24) is 5.32 Å². The van der Waals surface area contributed by atoms with Crippen LogP contribution in [-0.2, 0) is 25.7 Å². The van der Waals surface area contributed by atoms with Crippen molar-refractivity contribution in [1.29, 1.82) is 0 Å². The lowest BCUT2D eigenvalue weighted by molar-refractivity contribution is -0.147. The Labute approximate surface area is 220 Å². The standard InChI is InChI=1S/C29H30N2O7/c1-35-25-13-11-18(15-26(25)36-2)16-37-28(33)24(12-14-27(30)32)31-29(34)38-17-23-21-9-5-3-7-19(21)20-8-4-6-10-22(20)23/h3-11,13,15,23-24H,12,14,16-17H2,1-2H3,(H2,30,32)(H,31,34)/t24-/m0/s1. The van der Waals surface area contributed by atoms with Crippen LogP contribution < -0.4 is 20.5 Å². The molecule has 0 spiro atoms. The van der Waals surface area contributed by atoms with Gasteiger partial charge in [-0.05, 0) is 46.4 Å². The minimum atomic E-state index is -1.11. The van der Waals surface area contributed by atoms with Crippen LogP contribution in [0.2, 0.25) is 0 Å². The van der Waals surface area contributed by atoms with Gasteiger partial charge in [0.1, 0.15) is 19.3 Å². The maximum Gasteiger partial charge on any atom is 0.407 e. The number of benzene rings is 3. The first-order chi connectivity index (χ1) is 18.4. The smallest absolute Gasteiger partial charge is 0.407 e. The number of primary amides is 1. The number of ether oxygens (including phenoxy) is 4. The molecule has 0 unspecified atom stereocenters. The SMILES string of the molecule is COc1ccc(COC(=O)[C@H](CCC(N)=O)NC(=O)OCC2c3ccccc3-c3ccccc32)cc1OC. The van der Waals surface area contributed by atoms with Gasteiger partial charge in [-0.25, -0.2) is 9.59 Å². The molecule has 0 saturated heterocycles. The summed E-state index contributed by atoms with van der Waals surface area (Å²) in [4.78, 5) is 36.9. The molecule has 1 aliphatic rings. The second-order valence-electron chi connectivity index (χ2n) is 8.82. The highest BCUT2D eigenvalue weighted by Crippen LogP contribution is 2.44. The highest BCUT2D eigenvalue weighted by Gasteiger charge is 2.30. The summed E-state index contributed by atoms with van der Waals surface area (Å²) in [7, 11) is 3.03. The van der Waals surface area contributed by atoms with E-state index in [0.717, 1.165) is 22.3 Å². The number of rotatable bonds is 11. The summed E-state index contributed by atoms with van der Waals surface area (Å²) in [5.74, 6) is -0.414. The molecule has 1 atom stereocenters. The molecule has 0 aromatic heterocycles. The molecule has 3 aromatic rings. The zero-order valence-electron chi connectivity index (χ0n) is 21.3. The van der Waals surface area contributed by atoms with Gasteiger partial charge in [0.05, 0.1) is 14.2 Å². The number of nitrogens with one attached hydrogen (secondary N) is 1. The van der Waals surface area contributed by atoms with Crippen molar-refractivity contribution in [3.63, 3.8) is 0 Å². The van der Waals surface area contributed by atoms with Crippen LogP contribution in [-0.4, -0.2) is 44.8 Å². The molecule has 1 aliphatic carbocycles. The molecule has 4 rings (SSSR count). The number of carbonyl (C=O) groups excluding carboxylic acids is 3. The van der Waals surface area contributed by atoms with Gasteiger partial charge >= 0.3 is 12.1 Å². The monoisotopic (exact) mass is 518 g/mol. The van der Waals surface area contributed by atoms with Gasteiger partial charge in [0.25, 0.3) is 0 Å². The molecule has 198 valence electrons. The highest BCUT2D eigenvalue weighted by molar-refractivity contribution is 5.83. The second-order valence-corrected chi connectivity index (χ2v) is 8.82. The highest BCUT2D eigenvalue weighted by atomic mass is 16.6.